The first-order valence-electron chi connectivity index (χ1n) is 5.14. The molecule has 18 heavy (non-hydrogen) atoms. The summed E-state index contributed by atoms with van der Waals surface area (Å²) in [7, 11) is 0. The third kappa shape index (κ3) is 2.23. The van der Waals surface area contributed by atoms with Crippen molar-refractivity contribution in [2.24, 2.45) is 5.73 Å². The van der Waals surface area contributed by atoms with E-state index in [9.17, 15) is 14.7 Å². The maximum atomic E-state index is 11.6. The highest BCUT2D eigenvalue weighted by Gasteiger charge is 2.45. The van der Waals surface area contributed by atoms with E-state index in [0.717, 1.165) is 4.57 Å². The smallest absolute Gasteiger partial charge is 0.330 e. The maximum absolute atomic E-state index is 11.6. The zero-order valence-corrected chi connectivity index (χ0v) is 11.3. The van der Waals surface area contributed by atoms with Gasteiger partial charge in [0.2, 0.25) is 0 Å². The Kier molecular flexibility index (Phi) is 3.60. The Morgan fingerprint density at radius 3 is 2.89 bits per heavy atom. The minimum atomic E-state index is -1.59. The molecule has 0 bridgehead atoms. The normalized spacial score (nSPS) is 31.8. The van der Waals surface area contributed by atoms with Gasteiger partial charge in [-0.15, -0.1) is 0 Å². The second-order valence-corrected chi connectivity index (χ2v) is 5.24. The first-order chi connectivity index (χ1) is 8.37. The third-order valence-corrected chi connectivity index (χ3v) is 3.59. The van der Waals surface area contributed by atoms with Gasteiger partial charge in [0.05, 0.1) is 10.2 Å². The summed E-state index contributed by atoms with van der Waals surface area (Å²) in [5.74, 6) is 0. The number of hydrogen-bond acceptors (Lipinski definition) is 6. The molecule has 5 N–H and O–H groups in total. The molecule has 1 fully saturated rings. The lowest BCUT2D eigenvalue weighted by Gasteiger charge is -2.24. The molecule has 1 unspecified atom stereocenters. The number of nitrogens with one attached hydrogen (secondary N) is 1. The molecule has 0 amide bonds. The minimum absolute atomic E-state index is 0.0547. The second kappa shape index (κ2) is 4.74. The molecular formula is C9H12IN3O5. The van der Waals surface area contributed by atoms with Gasteiger partial charge in [-0.2, -0.15) is 0 Å². The van der Waals surface area contributed by atoms with Crippen molar-refractivity contribution in [1.29, 1.82) is 0 Å². The fourth-order valence-electron chi connectivity index (χ4n) is 1.76. The summed E-state index contributed by atoms with van der Waals surface area (Å²) in [4.78, 5) is 25.0. The van der Waals surface area contributed by atoms with Crippen LogP contribution in [0.5, 0.6) is 0 Å². The minimum Gasteiger partial charge on any atom is -0.392 e. The van der Waals surface area contributed by atoms with E-state index in [0.29, 0.717) is 3.57 Å². The fourth-order valence-corrected chi connectivity index (χ4v) is 2.19. The number of aromatic nitrogens is 2. The van der Waals surface area contributed by atoms with Gasteiger partial charge in [0.25, 0.3) is 5.56 Å². The topological polar surface area (TPSA) is 131 Å². The second-order valence-electron chi connectivity index (χ2n) is 4.08. The zero-order chi connectivity index (χ0) is 13.5. The lowest BCUT2D eigenvalue weighted by atomic mass is 10.1. The van der Waals surface area contributed by atoms with E-state index >= 15 is 0 Å². The maximum Gasteiger partial charge on any atom is 0.330 e. The fraction of sp³-hybridized carbons (Fsp3) is 0.556. The van der Waals surface area contributed by atoms with E-state index in [1.165, 1.54) is 6.20 Å². The van der Waals surface area contributed by atoms with Gasteiger partial charge in [-0.25, -0.2) is 4.79 Å². The summed E-state index contributed by atoms with van der Waals surface area (Å²) >= 11 is 1.77. The highest BCUT2D eigenvalue weighted by molar-refractivity contribution is 14.1. The van der Waals surface area contributed by atoms with Crippen molar-refractivity contribution in [3.63, 3.8) is 0 Å². The number of nitrogens with zero attached hydrogens (tertiary/aromatic N) is 1. The number of halogens is 1. The van der Waals surface area contributed by atoms with Crippen LogP contribution < -0.4 is 17.0 Å². The van der Waals surface area contributed by atoms with Crippen LogP contribution in [0.15, 0.2) is 15.8 Å². The van der Waals surface area contributed by atoms with E-state index in [2.05, 4.69) is 4.98 Å². The first kappa shape index (κ1) is 13.7. The lowest BCUT2D eigenvalue weighted by Crippen LogP contribution is -2.52. The Labute approximate surface area is 115 Å². The summed E-state index contributed by atoms with van der Waals surface area (Å²) in [6.45, 7) is -0.570. The molecule has 100 valence electrons. The number of H-pyrrole nitrogens is 1. The summed E-state index contributed by atoms with van der Waals surface area (Å²) in [6.07, 6.45) is -0.541. The predicted molar refractivity (Wildman–Crippen MR) is 68.8 cm³/mol. The van der Waals surface area contributed by atoms with Gasteiger partial charge in [0.15, 0.2) is 5.72 Å². The Morgan fingerprint density at radius 2 is 2.33 bits per heavy atom. The van der Waals surface area contributed by atoms with Gasteiger partial charge < -0.3 is 14.9 Å². The van der Waals surface area contributed by atoms with Crippen molar-refractivity contribution in [3.05, 3.63) is 30.6 Å². The molecular weight excluding hydrogens is 357 g/mol. The van der Waals surface area contributed by atoms with Crippen LogP contribution in [0.1, 0.15) is 12.6 Å². The standard InChI is InChI=1S/C9H12IN3O5/c10-4-2-13(8(17)12-7(4)16)6-1-5(15)9(11,3-14)18-6/h2,5-6,14-15H,1,3,11H2,(H,12,16,17)/t5?,6-,9-/m1/s1. The molecule has 1 aliphatic heterocycles. The summed E-state index contributed by atoms with van der Waals surface area (Å²) in [6, 6.07) is 0. The Balaban J connectivity index is 2.38. The molecule has 2 heterocycles. The van der Waals surface area contributed by atoms with E-state index in [1.54, 1.807) is 22.6 Å². The number of hydrogen-bond donors (Lipinski definition) is 4. The van der Waals surface area contributed by atoms with E-state index < -0.39 is 35.9 Å². The van der Waals surface area contributed by atoms with Crippen LogP contribution in [-0.4, -0.2) is 38.2 Å². The Hall–Kier alpha value is -0.750. The number of aliphatic hydroxyl groups excluding tert-OH is 2. The van der Waals surface area contributed by atoms with Gasteiger partial charge in [-0.3, -0.25) is 20.1 Å². The number of aromatic amines is 1. The molecule has 0 aromatic carbocycles. The van der Waals surface area contributed by atoms with E-state index in [1.807, 2.05) is 0 Å². The molecule has 0 radical (unpaired) electrons. The van der Waals surface area contributed by atoms with Crippen molar-refractivity contribution in [2.45, 2.75) is 24.5 Å². The molecule has 1 aromatic heterocycles. The Morgan fingerprint density at radius 1 is 1.67 bits per heavy atom. The van der Waals surface area contributed by atoms with E-state index in [4.69, 9.17) is 15.6 Å². The average Bonchev–Trinajstić information content (AvgIpc) is 2.61. The highest BCUT2D eigenvalue weighted by Crippen LogP contribution is 2.32. The van der Waals surface area contributed by atoms with Crippen LogP contribution in [0.25, 0.3) is 0 Å². The van der Waals surface area contributed by atoms with Crippen molar-refractivity contribution in [1.82, 2.24) is 9.55 Å². The predicted octanol–water partition coefficient (Wildman–Crippen LogP) is -1.93. The first-order valence-corrected chi connectivity index (χ1v) is 6.22. The molecule has 9 heteroatoms. The molecule has 2 rings (SSSR count). The van der Waals surface area contributed by atoms with Crippen molar-refractivity contribution in [2.75, 3.05) is 6.61 Å². The molecule has 0 spiro atoms. The molecule has 1 saturated heterocycles. The van der Waals surface area contributed by atoms with E-state index in [-0.39, 0.29) is 6.42 Å². The van der Waals surface area contributed by atoms with Crippen LogP contribution in [0.3, 0.4) is 0 Å². The van der Waals surface area contributed by atoms with Crippen LogP contribution in [0.2, 0.25) is 0 Å². The number of aliphatic hydroxyl groups is 2. The summed E-state index contributed by atoms with van der Waals surface area (Å²) in [5.41, 5.74) is 2.90. The van der Waals surface area contributed by atoms with Gasteiger partial charge in [0.1, 0.15) is 12.3 Å². The molecule has 0 aliphatic carbocycles. The summed E-state index contributed by atoms with van der Waals surface area (Å²) < 4.78 is 6.73. The highest BCUT2D eigenvalue weighted by atomic mass is 127. The van der Waals surface area contributed by atoms with Crippen LogP contribution in [0, 0.1) is 3.57 Å². The van der Waals surface area contributed by atoms with Gasteiger partial charge in [0, 0.05) is 12.6 Å². The molecule has 1 aromatic rings. The quantitative estimate of drug-likeness (QED) is 0.449. The zero-order valence-electron chi connectivity index (χ0n) is 9.17. The third-order valence-electron chi connectivity index (χ3n) is 2.83. The molecule has 0 saturated carbocycles. The van der Waals surface area contributed by atoms with Gasteiger partial charge in [-0.05, 0) is 22.6 Å². The SMILES string of the molecule is N[C@]1(CO)O[C@@H](n2cc(I)c(=O)[nH]c2=O)CC1O. The number of nitrogens with two attached hydrogens (primary N) is 1. The van der Waals surface area contributed by atoms with Crippen molar-refractivity contribution in [3.8, 4) is 0 Å². The van der Waals surface area contributed by atoms with Crippen LogP contribution in [-0.2, 0) is 4.74 Å². The van der Waals surface area contributed by atoms with Gasteiger partial charge >= 0.3 is 5.69 Å². The monoisotopic (exact) mass is 369 g/mol. The molecule has 1 aliphatic rings. The van der Waals surface area contributed by atoms with Crippen LogP contribution >= 0.6 is 22.6 Å². The molecule has 8 nitrogen and oxygen atoms in total. The number of ether oxygens (including phenoxy) is 1. The van der Waals surface area contributed by atoms with Crippen LogP contribution in [0.4, 0.5) is 0 Å². The van der Waals surface area contributed by atoms with Gasteiger partial charge in [-0.1, -0.05) is 0 Å². The largest absolute Gasteiger partial charge is 0.392 e. The summed E-state index contributed by atoms with van der Waals surface area (Å²) in [5, 5.41) is 18.8. The number of rotatable bonds is 2. The lowest BCUT2D eigenvalue weighted by molar-refractivity contribution is -0.124. The van der Waals surface area contributed by atoms with Crippen molar-refractivity contribution >= 4 is 22.6 Å². The Bertz CT molecular complexity index is 570. The van der Waals surface area contributed by atoms with Crippen molar-refractivity contribution < 1.29 is 14.9 Å². The molecule has 3 atom stereocenters. The average molecular weight is 369 g/mol.